The second-order valence-electron chi connectivity index (χ2n) is 0. The summed E-state index contributed by atoms with van der Waals surface area (Å²) in [5, 5.41) is 0. The molecular weight excluding hydrogens is 601 g/mol. The fourth-order valence-electron chi connectivity index (χ4n) is 0. The molecule has 0 nitrogen and oxygen atoms in total. The third-order valence-electron chi connectivity index (χ3n) is 0. The maximum Gasteiger partial charge on any atom is 2.00 e. The molecule has 0 saturated carbocycles. The van der Waals surface area contributed by atoms with E-state index in [2.05, 4.69) is 0 Å². The van der Waals surface area contributed by atoms with Crippen LogP contribution in [0.5, 0.6) is 0 Å². The maximum absolute atomic E-state index is 0. The Morgan fingerprint density at radius 2 is 0.600 bits per heavy atom. The Balaban J connectivity index is 0. The van der Waals surface area contributed by atoms with Gasteiger partial charge in [-0.3, -0.25) is 0 Å². The summed E-state index contributed by atoms with van der Waals surface area (Å²) in [7, 11) is 0. The topological polar surface area (TPSA) is 0 Å². The van der Waals surface area contributed by atoms with Gasteiger partial charge in [-0.05, 0) is 0 Å². The molecule has 0 aromatic heterocycles. The number of hydrogen-bond donors (Lipinski definition) is 0. The minimum absolute atomic E-state index is 0. The average molecular weight is 601 g/mol. The van der Waals surface area contributed by atoms with Crippen molar-refractivity contribution in [3.8, 4) is 0 Å². The third-order valence-corrected chi connectivity index (χ3v) is 0. The van der Waals surface area contributed by atoms with Crippen molar-refractivity contribution in [2.24, 2.45) is 0 Å². The van der Waals surface area contributed by atoms with Crippen molar-refractivity contribution in [1.29, 1.82) is 0 Å². The van der Waals surface area contributed by atoms with Crippen LogP contribution in [-0.2, 0) is 0 Å². The molecule has 0 radical (unpaired) electrons. The van der Waals surface area contributed by atoms with Gasteiger partial charge in [0.1, 0.15) is 0 Å². The molecule has 0 amide bonds. The molecule has 0 fully saturated rings. The first kappa shape index (κ1) is 31.0. The van der Waals surface area contributed by atoms with Gasteiger partial charge in [-0.1, -0.05) is 0 Å². The van der Waals surface area contributed by atoms with Gasteiger partial charge in [0.25, 0.3) is 0 Å². The van der Waals surface area contributed by atoms with Gasteiger partial charge >= 0.3 is 114 Å². The van der Waals surface area contributed by atoms with Gasteiger partial charge in [0.2, 0.25) is 0 Å². The van der Waals surface area contributed by atoms with E-state index in [9.17, 15) is 0 Å². The Labute approximate surface area is 179 Å². The molecule has 0 aromatic rings. The van der Waals surface area contributed by atoms with Crippen LogP contribution in [0.2, 0.25) is 0 Å². The number of hydrogen-bond acceptors (Lipinski definition) is 0. The molecule has 0 aliphatic rings. The van der Waals surface area contributed by atoms with Crippen LogP contribution >= 0.6 is 0 Å². The Morgan fingerprint density at radius 3 is 0.600 bits per heavy atom. The summed E-state index contributed by atoms with van der Waals surface area (Å²) >= 11 is 0. The molecular formula is CsI3Sr. The number of halogens is 3. The minimum Gasteiger partial charge on any atom is -1.00 e. The first-order chi connectivity index (χ1) is 0. The van der Waals surface area contributed by atoms with E-state index in [0.717, 1.165) is 0 Å². The number of rotatable bonds is 0. The first-order valence-corrected chi connectivity index (χ1v) is 0. The van der Waals surface area contributed by atoms with Crippen LogP contribution in [-0.4, -0.2) is 45.5 Å². The van der Waals surface area contributed by atoms with Gasteiger partial charge in [-0.2, -0.15) is 0 Å². The Hall–Kier alpha value is 5.72. The van der Waals surface area contributed by atoms with E-state index >= 15 is 0 Å². The van der Waals surface area contributed by atoms with Gasteiger partial charge in [-0.25, -0.2) is 0 Å². The van der Waals surface area contributed by atoms with Gasteiger partial charge in [0.15, 0.2) is 0 Å². The summed E-state index contributed by atoms with van der Waals surface area (Å²) in [6.45, 7) is 0. The zero-order valence-corrected chi connectivity index (χ0v) is 19.1. The van der Waals surface area contributed by atoms with Gasteiger partial charge in [0, 0.05) is 0 Å². The van der Waals surface area contributed by atoms with E-state index in [-0.39, 0.29) is 186 Å². The molecule has 5 heteroatoms. The SMILES string of the molecule is [Cs+].[I-].[I-].[I-].[Sr+2]. The summed E-state index contributed by atoms with van der Waals surface area (Å²) in [6, 6.07) is 0. The molecule has 0 rings (SSSR count). The third kappa shape index (κ3) is 17.7. The van der Waals surface area contributed by atoms with Crippen molar-refractivity contribution in [1.82, 2.24) is 0 Å². The largest absolute Gasteiger partial charge is 2.00 e. The summed E-state index contributed by atoms with van der Waals surface area (Å²) in [5.74, 6) is 0. The second kappa shape index (κ2) is 22.6. The molecule has 5 heavy (non-hydrogen) atoms. The predicted octanol–water partition coefficient (Wildman–Crippen LogP) is -12.4. The summed E-state index contributed by atoms with van der Waals surface area (Å²) in [4.78, 5) is 0. The molecule has 0 unspecified atom stereocenters. The molecule has 0 N–H and O–H groups in total. The quantitative estimate of drug-likeness (QED) is 0.192. The monoisotopic (exact) mass is 602 g/mol. The zero-order valence-electron chi connectivity index (χ0n) is 2.84. The van der Waals surface area contributed by atoms with Crippen LogP contribution < -0.4 is 141 Å². The molecule has 0 aliphatic carbocycles. The van der Waals surface area contributed by atoms with E-state index < -0.39 is 0 Å². The molecule has 0 aromatic carbocycles. The predicted molar refractivity (Wildman–Crippen MR) is 5.75 cm³/mol. The van der Waals surface area contributed by atoms with Crippen molar-refractivity contribution >= 4 is 45.5 Å². The van der Waals surface area contributed by atoms with Gasteiger partial charge in [-0.15, -0.1) is 0 Å². The van der Waals surface area contributed by atoms with Gasteiger partial charge < -0.3 is 71.9 Å². The first-order valence-electron chi connectivity index (χ1n) is 0. The Kier molecular flexibility index (Phi) is 140. The van der Waals surface area contributed by atoms with Crippen molar-refractivity contribution in [2.45, 2.75) is 0 Å². The van der Waals surface area contributed by atoms with Crippen LogP contribution in [0.1, 0.15) is 0 Å². The van der Waals surface area contributed by atoms with Crippen LogP contribution in [0.25, 0.3) is 0 Å². The van der Waals surface area contributed by atoms with E-state index in [1.165, 1.54) is 0 Å². The van der Waals surface area contributed by atoms with E-state index in [4.69, 9.17) is 0 Å². The second-order valence-corrected chi connectivity index (χ2v) is 0. The average Bonchev–Trinajstić information content (AvgIpc) is 0. The van der Waals surface area contributed by atoms with Crippen LogP contribution in [0, 0.1) is 0 Å². The summed E-state index contributed by atoms with van der Waals surface area (Å²) in [6.07, 6.45) is 0. The van der Waals surface area contributed by atoms with Crippen molar-refractivity contribution in [3.05, 3.63) is 0 Å². The molecule has 0 heterocycles. The Bertz CT molecular complexity index is 6.85. The zero-order chi connectivity index (χ0) is 0. The Morgan fingerprint density at radius 1 is 0.600 bits per heavy atom. The van der Waals surface area contributed by atoms with Crippen LogP contribution in [0.3, 0.4) is 0 Å². The molecule has 0 atom stereocenters. The van der Waals surface area contributed by atoms with Crippen molar-refractivity contribution in [2.75, 3.05) is 0 Å². The van der Waals surface area contributed by atoms with Crippen molar-refractivity contribution in [3.63, 3.8) is 0 Å². The van der Waals surface area contributed by atoms with Crippen molar-refractivity contribution < 1.29 is 141 Å². The fourth-order valence-corrected chi connectivity index (χ4v) is 0. The van der Waals surface area contributed by atoms with Crippen LogP contribution in [0.15, 0.2) is 0 Å². The normalized spacial score (nSPS) is 0. The maximum atomic E-state index is 0. The van der Waals surface area contributed by atoms with E-state index in [0.29, 0.717) is 0 Å². The van der Waals surface area contributed by atoms with Gasteiger partial charge in [0.05, 0.1) is 0 Å². The fraction of sp³-hybridized carbons (Fsp3) is 0. The molecule has 24 valence electrons. The minimum atomic E-state index is 0. The standard InChI is InChI=1S/Cs.3HI.Sr/h;3*1H;/q+1;;;;+2/p-3. The molecule has 0 aliphatic heterocycles. The molecule has 0 saturated heterocycles. The molecule has 0 spiro atoms. The van der Waals surface area contributed by atoms with Crippen LogP contribution in [0.4, 0.5) is 0 Å². The summed E-state index contributed by atoms with van der Waals surface area (Å²) in [5.41, 5.74) is 0. The summed E-state index contributed by atoms with van der Waals surface area (Å²) < 4.78 is 0. The van der Waals surface area contributed by atoms with E-state index in [1.54, 1.807) is 0 Å². The molecule has 0 bridgehead atoms. The van der Waals surface area contributed by atoms with E-state index in [1.807, 2.05) is 0 Å². The smallest absolute Gasteiger partial charge is 1.00 e.